The van der Waals surface area contributed by atoms with Crippen molar-refractivity contribution in [1.29, 1.82) is 0 Å². The molecule has 0 aliphatic carbocycles. The van der Waals surface area contributed by atoms with E-state index < -0.39 is 0 Å². The van der Waals surface area contributed by atoms with Crippen molar-refractivity contribution in [2.45, 2.75) is 13.5 Å². The van der Waals surface area contributed by atoms with Gasteiger partial charge in [0.05, 0.1) is 5.69 Å². The third-order valence-corrected chi connectivity index (χ3v) is 1.45. The number of hydrogen-bond donors (Lipinski definition) is 1. The smallest absolute Gasteiger partial charge is 0.203 e. The molecule has 0 radical (unpaired) electrons. The Morgan fingerprint density at radius 2 is 2.55 bits per heavy atom. The normalized spacial score (nSPS) is 9.64. The number of allylic oxidation sites excluding steroid dienone is 1. The van der Waals surface area contributed by atoms with Crippen molar-refractivity contribution in [2.24, 2.45) is 0 Å². The topological polar surface area (TPSA) is 29.9 Å². The summed E-state index contributed by atoms with van der Waals surface area (Å²) >= 11 is 0. The van der Waals surface area contributed by atoms with Crippen molar-refractivity contribution in [2.75, 3.05) is 12.4 Å². The summed E-state index contributed by atoms with van der Waals surface area (Å²) in [5.41, 5.74) is 1.02. The van der Waals surface area contributed by atoms with Crippen LogP contribution in [0.2, 0.25) is 0 Å². The summed E-state index contributed by atoms with van der Waals surface area (Å²) in [6.07, 6.45) is 3.84. The molecule has 3 heteroatoms. The van der Waals surface area contributed by atoms with Gasteiger partial charge in [-0.15, -0.1) is 6.58 Å². The van der Waals surface area contributed by atoms with E-state index in [1.54, 1.807) is 0 Å². The molecule has 0 unspecified atom stereocenters. The number of imidazole rings is 1. The molecule has 0 aliphatic rings. The Kier molecular flexibility index (Phi) is 2.31. The molecule has 3 nitrogen and oxygen atoms in total. The molecule has 60 valence electrons. The van der Waals surface area contributed by atoms with E-state index in [-0.39, 0.29) is 0 Å². The van der Waals surface area contributed by atoms with Crippen LogP contribution < -0.4 is 5.32 Å². The summed E-state index contributed by atoms with van der Waals surface area (Å²) in [6, 6.07) is 0. The second kappa shape index (κ2) is 3.23. The summed E-state index contributed by atoms with van der Waals surface area (Å²) < 4.78 is 2.02. The lowest BCUT2D eigenvalue weighted by Gasteiger charge is -2.01. The fraction of sp³-hybridized carbons (Fsp3) is 0.375. The molecule has 0 atom stereocenters. The van der Waals surface area contributed by atoms with Gasteiger partial charge >= 0.3 is 0 Å². The van der Waals surface area contributed by atoms with Crippen LogP contribution in [0.1, 0.15) is 5.69 Å². The third-order valence-electron chi connectivity index (χ3n) is 1.45. The average molecular weight is 151 g/mol. The zero-order valence-corrected chi connectivity index (χ0v) is 6.96. The molecule has 0 bridgehead atoms. The molecule has 0 fully saturated rings. The van der Waals surface area contributed by atoms with Gasteiger partial charge in [0.1, 0.15) is 0 Å². The van der Waals surface area contributed by atoms with Gasteiger partial charge in [-0.3, -0.25) is 0 Å². The monoisotopic (exact) mass is 151 g/mol. The molecule has 0 amide bonds. The summed E-state index contributed by atoms with van der Waals surface area (Å²) in [5.74, 6) is 0.891. The first kappa shape index (κ1) is 7.85. The molecule has 11 heavy (non-hydrogen) atoms. The predicted octanol–water partition coefficient (Wildman–Crippen LogP) is 1.42. The second-order valence-electron chi connectivity index (χ2n) is 2.40. The van der Waals surface area contributed by atoms with Crippen molar-refractivity contribution < 1.29 is 0 Å². The lowest BCUT2D eigenvalue weighted by Crippen LogP contribution is -2.00. The van der Waals surface area contributed by atoms with Crippen LogP contribution in [-0.2, 0) is 6.54 Å². The van der Waals surface area contributed by atoms with Crippen LogP contribution in [0.4, 0.5) is 5.95 Å². The molecule has 1 rings (SSSR count). The minimum Gasteiger partial charge on any atom is -0.359 e. The lowest BCUT2D eigenvalue weighted by molar-refractivity contribution is 0.829. The summed E-state index contributed by atoms with van der Waals surface area (Å²) in [7, 11) is 1.86. The zero-order chi connectivity index (χ0) is 8.27. The Morgan fingerprint density at radius 1 is 1.82 bits per heavy atom. The van der Waals surface area contributed by atoms with Crippen LogP contribution in [0, 0.1) is 6.92 Å². The van der Waals surface area contributed by atoms with E-state index in [4.69, 9.17) is 0 Å². The molecule has 0 aliphatic heterocycles. The van der Waals surface area contributed by atoms with Crippen LogP contribution in [0.5, 0.6) is 0 Å². The van der Waals surface area contributed by atoms with Gasteiger partial charge in [0.25, 0.3) is 0 Å². The highest BCUT2D eigenvalue weighted by Gasteiger charge is 1.99. The van der Waals surface area contributed by atoms with Crippen LogP contribution >= 0.6 is 0 Å². The van der Waals surface area contributed by atoms with Crippen LogP contribution in [-0.4, -0.2) is 16.6 Å². The fourth-order valence-electron chi connectivity index (χ4n) is 1.02. The van der Waals surface area contributed by atoms with Gasteiger partial charge in [0.2, 0.25) is 5.95 Å². The van der Waals surface area contributed by atoms with Gasteiger partial charge < -0.3 is 9.88 Å². The Morgan fingerprint density at radius 3 is 3.09 bits per heavy atom. The molecule has 0 spiro atoms. The van der Waals surface area contributed by atoms with E-state index in [0.717, 1.165) is 18.2 Å². The zero-order valence-electron chi connectivity index (χ0n) is 6.96. The van der Waals surface area contributed by atoms with Crippen LogP contribution in [0.15, 0.2) is 18.9 Å². The summed E-state index contributed by atoms with van der Waals surface area (Å²) in [6.45, 7) is 6.44. The highest BCUT2D eigenvalue weighted by atomic mass is 15.2. The number of rotatable bonds is 3. The SMILES string of the molecule is C=CCn1cc(C)nc1NC. The fourth-order valence-corrected chi connectivity index (χ4v) is 1.02. The van der Waals surface area contributed by atoms with E-state index in [9.17, 15) is 0 Å². The van der Waals surface area contributed by atoms with Crippen molar-refractivity contribution in [1.82, 2.24) is 9.55 Å². The minimum atomic E-state index is 0.803. The van der Waals surface area contributed by atoms with E-state index in [1.165, 1.54) is 0 Å². The Balaban J connectivity index is 2.91. The van der Waals surface area contributed by atoms with Gasteiger partial charge in [0, 0.05) is 19.8 Å². The first-order valence-corrected chi connectivity index (χ1v) is 3.60. The third kappa shape index (κ3) is 1.61. The van der Waals surface area contributed by atoms with E-state index in [2.05, 4.69) is 16.9 Å². The maximum Gasteiger partial charge on any atom is 0.203 e. The standard InChI is InChI=1S/C8H13N3/c1-4-5-11-6-7(2)10-8(11)9-3/h4,6H,1,5H2,2-3H3,(H,9,10). The lowest BCUT2D eigenvalue weighted by atomic mass is 10.5. The predicted molar refractivity (Wildman–Crippen MR) is 46.7 cm³/mol. The Hall–Kier alpha value is -1.25. The van der Waals surface area contributed by atoms with Crippen LogP contribution in [0.25, 0.3) is 0 Å². The number of aromatic nitrogens is 2. The largest absolute Gasteiger partial charge is 0.359 e. The van der Waals surface area contributed by atoms with Crippen molar-refractivity contribution >= 4 is 5.95 Å². The quantitative estimate of drug-likeness (QED) is 0.662. The van der Waals surface area contributed by atoms with Gasteiger partial charge in [0.15, 0.2) is 0 Å². The van der Waals surface area contributed by atoms with Gasteiger partial charge in [-0.2, -0.15) is 0 Å². The maximum atomic E-state index is 4.25. The van der Waals surface area contributed by atoms with Gasteiger partial charge in [-0.25, -0.2) is 4.98 Å². The van der Waals surface area contributed by atoms with Gasteiger partial charge in [-0.1, -0.05) is 6.08 Å². The molecule has 0 aromatic carbocycles. The van der Waals surface area contributed by atoms with Crippen molar-refractivity contribution in [3.63, 3.8) is 0 Å². The van der Waals surface area contributed by atoms with E-state index >= 15 is 0 Å². The summed E-state index contributed by atoms with van der Waals surface area (Å²) in [5, 5.41) is 3.01. The molecule has 1 N–H and O–H groups in total. The molecule has 1 heterocycles. The number of nitrogens with one attached hydrogen (secondary N) is 1. The molecule has 0 saturated heterocycles. The van der Waals surface area contributed by atoms with Crippen molar-refractivity contribution in [3.8, 4) is 0 Å². The second-order valence-corrected chi connectivity index (χ2v) is 2.40. The minimum absolute atomic E-state index is 0.803. The summed E-state index contributed by atoms with van der Waals surface area (Å²) in [4.78, 5) is 4.25. The number of aryl methyl sites for hydroxylation is 1. The number of anilines is 1. The van der Waals surface area contributed by atoms with Gasteiger partial charge in [-0.05, 0) is 6.92 Å². The molecular formula is C8H13N3. The molecule has 0 saturated carbocycles. The van der Waals surface area contributed by atoms with Crippen molar-refractivity contribution in [3.05, 3.63) is 24.5 Å². The molecule has 1 aromatic heterocycles. The Labute approximate surface area is 66.8 Å². The van der Waals surface area contributed by atoms with E-state index in [0.29, 0.717) is 0 Å². The number of hydrogen-bond acceptors (Lipinski definition) is 2. The Bertz CT molecular complexity index is 250. The highest BCUT2D eigenvalue weighted by molar-refractivity contribution is 5.27. The van der Waals surface area contributed by atoms with Crippen LogP contribution in [0.3, 0.4) is 0 Å². The van der Waals surface area contributed by atoms with E-state index in [1.807, 2.05) is 30.8 Å². The highest BCUT2D eigenvalue weighted by Crippen LogP contribution is 2.06. The number of nitrogens with zero attached hydrogens (tertiary/aromatic N) is 2. The molecular weight excluding hydrogens is 138 g/mol. The average Bonchev–Trinajstić information content (AvgIpc) is 2.32. The maximum absolute atomic E-state index is 4.25. The molecule has 1 aromatic rings. The first-order valence-electron chi connectivity index (χ1n) is 3.60. The first-order chi connectivity index (χ1) is 5.27.